The average Bonchev–Trinajstić information content (AvgIpc) is 2.38. The predicted octanol–water partition coefficient (Wildman–Crippen LogP) is 3.27. The van der Waals surface area contributed by atoms with Crippen LogP contribution in [0.1, 0.15) is 44.8 Å². The lowest BCUT2D eigenvalue weighted by Gasteiger charge is -2.21. The summed E-state index contributed by atoms with van der Waals surface area (Å²) >= 11 is 0. The Kier molecular flexibility index (Phi) is 6.35. The van der Waals surface area contributed by atoms with Crippen molar-refractivity contribution < 1.29 is 0 Å². The van der Waals surface area contributed by atoms with Gasteiger partial charge in [0.05, 0.1) is 12.2 Å². The summed E-state index contributed by atoms with van der Waals surface area (Å²) < 4.78 is 0. The molecule has 2 nitrogen and oxygen atoms in total. The van der Waals surface area contributed by atoms with E-state index in [1.807, 2.05) is 18.3 Å². The van der Waals surface area contributed by atoms with Gasteiger partial charge in [-0.25, -0.2) is 0 Å². The highest BCUT2D eigenvalue weighted by molar-refractivity contribution is 5.09. The largest absolute Gasteiger partial charge is 0.287 e. The van der Waals surface area contributed by atoms with Crippen LogP contribution >= 0.6 is 0 Å². The summed E-state index contributed by atoms with van der Waals surface area (Å²) in [4.78, 5) is 6.59. The third-order valence-electron chi connectivity index (χ3n) is 2.89. The minimum Gasteiger partial charge on any atom is -0.287 e. The van der Waals surface area contributed by atoms with Crippen molar-refractivity contribution in [1.82, 2.24) is 9.88 Å². The van der Waals surface area contributed by atoms with E-state index >= 15 is 0 Å². The maximum Gasteiger partial charge on any atom is 0.0604 e. The summed E-state index contributed by atoms with van der Waals surface area (Å²) in [6.07, 6.45) is 5.27. The lowest BCUT2D eigenvalue weighted by atomic mass is 10.2. The van der Waals surface area contributed by atoms with E-state index in [0.29, 0.717) is 6.04 Å². The van der Waals surface area contributed by atoms with E-state index in [-0.39, 0.29) is 0 Å². The maximum absolute atomic E-state index is 4.37. The second kappa shape index (κ2) is 7.86. The highest BCUT2D eigenvalue weighted by atomic mass is 15.1. The molecule has 1 atom stereocenters. The van der Waals surface area contributed by atoms with Gasteiger partial charge in [0, 0.05) is 18.7 Å². The van der Waals surface area contributed by atoms with Crippen LogP contribution in [0, 0.1) is 11.8 Å². The van der Waals surface area contributed by atoms with Crippen molar-refractivity contribution in [3.05, 3.63) is 30.1 Å². The van der Waals surface area contributed by atoms with Crippen LogP contribution in [0.15, 0.2) is 24.4 Å². The van der Waals surface area contributed by atoms with Crippen LogP contribution in [0.2, 0.25) is 0 Å². The minimum absolute atomic E-state index is 0.316. The van der Waals surface area contributed by atoms with Crippen LogP contribution in [0.4, 0.5) is 0 Å². The Bertz CT molecular complexity index is 362. The molecule has 0 aromatic carbocycles. The van der Waals surface area contributed by atoms with Gasteiger partial charge in [-0.2, -0.15) is 0 Å². The standard InChI is InChI=1S/C15H22N2/c1-4-5-6-7-10-13-17(3)14(2)15-11-8-9-12-16-15/h8-9,11-12,14H,4-6,13H2,1-3H3. The van der Waals surface area contributed by atoms with E-state index in [1.54, 1.807) is 0 Å². The maximum atomic E-state index is 4.37. The summed E-state index contributed by atoms with van der Waals surface area (Å²) in [6, 6.07) is 6.35. The molecule has 0 spiro atoms. The van der Waals surface area contributed by atoms with E-state index in [9.17, 15) is 0 Å². The van der Waals surface area contributed by atoms with Gasteiger partial charge in [0.1, 0.15) is 0 Å². The van der Waals surface area contributed by atoms with Crippen LogP contribution < -0.4 is 0 Å². The molecular weight excluding hydrogens is 208 g/mol. The van der Waals surface area contributed by atoms with E-state index in [2.05, 4.69) is 48.7 Å². The summed E-state index contributed by atoms with van der Waals surface area (Å²) in [5.74, 6) is 6.43. The summed E-state index contributed by atoms with van der Waals surface area (Å²) in [6.45, 7) is 5.16. The molecule has 0 aliphatic carbocycles. The Labute approximate surface area is 105 Å². The second-order valence-corrected chi connectivity index (χ2v) is 4.30. The highest BCUT2D eigenvalue weighted by Crippen LogP contribution is 2.14. The van der Waals surface area contributed by atoms with Crippen LogP contribution in [-0.4, -0.2) is 23.5 Å². The first-order valence-electron chi connectivity index (χ1n) is 6.32. The first-order chi connectivity index (χ1) is 8.25. The van der Waals surface area contributed by atoms with E-state index in [4.69, 9.17) is 0 Å². The molecule has 0 bridgehead atoms. The highest BCUT2D eigenvalue weighted by Gasteiger charge is 2.10. The van der Waals surface area contributed by atoms with Crippen LogP contribution in [0.5, 0.6) is 0 Å². The molecule has 1 aromatic rings. The van der Waals surface area contributed by atoms with Crippen LogP contribution in [-0.2, 0) is 0 Å². The number of aromatic nitrogens is 1. The van der Waals surface area contributed by atoms with Gasteiger partial charge in [-0.3, -0.25) is 9.88 Å². The fourth-order valence-electron chi connectivity index (χ4n) is 1.52. The SMILES string of the molecule is CCCCC#CCN(C)C(C)c1ccccn1. The number of hydrogen-bond acceptors (Lipinski definition) is 2. The third kappa shape index (κ3) is 5.01. The van der Waals surface area contributed by atoms with Gasteiger partial charge in [-0.15, -0.1) is 5.92 Å². The van der Waals surface area contributed by atoms with Gasteiger partial charge >= 0.3 is 0 Å². The first-order valence-corrected chi connectivity index (χ1v) is 6.32. The topological polar surface area (TPSA) is 16.1 Å². The molecule has 17 heavy (non-hydrogen) atoms. The molecular formula is C15H22N2. The molecule has 0 fully saturated rings. The first kappa shape index (κ1) is 13.7. The molecule has 0 aliphatic rings. The van der Waals surface area contributed by atoms with Crippen LogP contribution in [0.3, 0.4) is 0 Å². The van der Waals surface area contributed by atoms with Crippen molar-refractivity contribution in [3.63, 3.8) is 0 Å². The average molecular weight is 230 g/mol. The zero-order chi connectivity index (χ0) is 12.5. The molecule has 1 rings (SSSR count). The number of rotatable bonds is 5. The van der Waals surface area contributed by atoms with Gasteiger partial charge < -0.3 is 0 Å². The Hall–Kier alpha value is -1.33. The normalized spacial score (nSPS) is 12.0. The molecule has 0 saturated carbocycles. The van der Waals surface area contributed by atoms with Crippen molar-refractivity contribution in [1.29, 1.82) is 0 Å². The number of nitrogens with zero attached hydrogens (tertiary/aromatic N) is 2. The van der Waals surface area contributed by atoms with Crippen molar-refractivity contribution >= 4 is 0 Å². The Balaban J connectivity index is 2.41. The fourth-order valence-corrected chi connectivity index (χ4v) is 1.52. The van der Waals surface area contributed by atoms with Crippen molar-refractivity contribution in [2.24, 2.45) is 0 Å². The molecule has 0 saturated heterocycles. The monoisotopic (exact) mass is 230 g/mol. The van der Waals surface area contributed by atoms with Gasteiger partial charge in [-0.1, -0.05) is 25.3 Å². The summed E-state index contributed by atoms with van der Waals surface area (Å²) in [7, 11) is 2.09. The van der Waals surface area contributed by atoms with Crippen LogP contribution in [0.25, 0.3) is 0 Å². The second-order valence-electron chi connectivity index (χ2n) is 4.30. The molecule has 0 radical (unpaired) electrons. The Morgan fingerprint density at radius 1 is 1.35 bits per heavy atom. The van der Waals surface area contributed by atoms with E-state index < -0.39 is 0 Å². The number of hydrogen-bond donors (Lipinski definition) is 0. The quantitative estimate of drug-likeness (QED) is 0.570. The zero-order valence-electron chi connectivity index (χ0n) is 11.1. The van der Waals surface area contributed by atoms with Gasteiger partial charge in [0.25, 0.3) is 0 Å². The van der Waals surface area contributed by atoms with Crippen molar-refractivity contribution in [2.75, 3.05) is 13.6 Å². The Morgan fingerprint density at radius 3 is 2.82 bits per heavy atom. The van der Waals surface area contributed by atoms with E-state index in [0.717, 1.165) is 18.7 Å². The molecule has 1 unspecified atom stereocenters. The summed E-state index contributed by atoms with van der Waals surface area (Å²) in [5.41, 5.74) is 1.10. The molecule has 0 amide bonds. The van der Waals surface area contributed by atoms with Gasteiger partial charge in [-0.05, 0) is 32.5 Å². The fraction of sp³-hybridized carbons (Fsp3) is 0.533. The smallest absolute Gasteiger partial charge is 0.0604 e. The lowest BCUT2D eigenvalue weighted by Crippen LogP contribution is -2.23. The number of unbranched alkanes of at least 4 members (excludes halogenated alkanes) is 2. The van der Waals surface area contributed by atoms with Crippen molar-refractivity contribution in [3.8, 4) is 11.8 Å². The predicted molar refractivity (Wildman–Crippen MR) is 72.6 cm³/mol. The molecule has 1 heterocycles. The van der Waals surface area contributed by atoms with Gasteiger partial charge in [0.2, 0.25) is 0 Å². The molecule has 0 N–H and O–H groups in total. The molecule has 2 heteroatoms. The molecule has 0 aliphatic heterocycles. The van der Waals surface area contributed by atoms with E-state index in [1.165, 1.54) is 12.8 Å². The molecule has 1 aromatic heterocycles. The molecule has 92 valence electrons. The summed E-state index contributed by atoms with van der Waals surface area (Å²) in [5, 5.41) is 0. The zero-order valence-corrected chi connectivity index (χ0v) is 11.1. The van der Waals surface area contributed by atoms with Gasteiger partial charge in [0.15, 0.2) is 0 Å². The van der Waals surface area contributed by atoms with Crippen molar-refractivity contribution in [2.45, 2.75) is 39.2 Å². The third-order valence-corrected chi connectivity index (χ3v) is 2.89. The lowest BCUT2D eigenvalue weighted by molar-refractivity contribution is 0.289. The number of pyridine rings is 1. The Morgan fingerprint density at radius 2 is 2.18 bits per heavy atom. The minimum atomic E-state index is 0.316.